The Morgan fingerprint density at radius 1 is 1.23 bits per heavy atom. The van der Waals surface area contributed by atoms with E-state index < -0.39 is 0 Å². The van der Waals surface area contributed by atoms with E-state index in [1.54, 1.807) is 5.38 Å². The van der Waals surface area contributed by atoms with Crippen LogP contribution in [0.3, 0.4) is 0 Å². The lowest BCUT2D eigenvalue weighted by Gasteiger charge is -2.08. The Balaban J connectivity index is 1.97. The predicted octanol–water partition coefficient (Wildman–Crippen LogP) is 2.37. The summed E-state index contributed by atoms with van der Waals surface area (Å²) in [6, 6.07) is 8.02. The van der Waals surface area contributed by atoms with E-state index in [1.165, 1.54) is 16.9 Å². The average molecular weight is 317 g/mol. The van der Waals surface area contributed by atoms with E-state index in [-0.39, 0.29) is 24.4 Å². The number of aromatic nitrogens is 1. The molecule has 0 radical (unpaired) electrons. The Morgan fingerprint density at radius 2 is 1.91 bits per heavy atom. The first kappa shape index (κ1) is 16.2. The fourth-order valence-electron chi connectivity index (χ4n) is 1.83. The molecule has 1 aromatic heterocycles. The molecule has 0 bridgehead atoms. The molecule has 0 aliphatic carbocycles. The molecular formula is C16H19N3O2S. The molecule has 1 heterocycles. The van der Waals surface area contributed by atoms with E-state index in [4.69, 9.17) is 0 Å². The maximum atomic E-state index is 12.0. The molecule has 0 saturated carbocycles. The third-order valence-electron chi connectivity index (χ3n) is 2.89. The van der Waals surface area contributed by atoms with Gasteiger partial charge in [-0.3, -0.25) is 9.59 Å². The van der Waals surface area contributed by atoms with Crippen molar-refractivity contribution in [3.05, 3.63) is 40.9 Å². The number of rotatable bonds is 5. The van der Waals surface area contributed by atoms with E-state index in [0.717, 1.165) is 10.6 Å². The van der Waals surface area contributed by atoms with Crippen LogP contribution in [0.2, 0.25) is 0 Å². The Kier molecular flexibility index (Phi) is 5.27. The van der Waals surface area contributed by atoms with Gasteiger partial charge in [-0.05, 0) is 20.8 Å². The highest BCUT2D eigenvalue weighted by Crippen LogP contribution is 2.23. The fraction of sp³-hybridized carbons (Fsp3) is 0.312. The lowest BCUT2D eigenvalue weighted by Crippen LogP contribution is -2.39. The quantitative estimate of drug-likeness (QED) is 0.889. The van der Waals surface area contributed by atoms with Gasteiger partial charge in [0.15, 0.2) is 0 Å². The van der Waals surface area contributed by atoms with Crippen LogP contribution < -0.4 is 10.6 Å². The highest BCUT2D eigenvalue weighted by atomic mass is 32.1. The van der Waals surface area contributed by atoms with Crippen LogP contribution in [0.5, 0.6) is 0 Å². The highest BCUT2D eigenvalue weighted by Gasteiger charge is 2.13. The SMILES string of the molecule is Cc1ccc(-c2nc(C(=O)NCC(=O)NC(C)C)cs2)cc1. The normalized spacial score (nSPS) is 10.5. The van der Waals surface area contributed by atoms with Gasteiger partial charge < -0.3 is 10.6 Å². The lowest BCUT2D eigenvalue weighted by molar-refractivity contribution is -0.120. The summed E-state index contributed by atoms with van der Waals surface area (Å²) in [5.74, 6) is -0.550. The van der Waals surface area contributed by atoms with E-state index in [0.29, 0.717) is 5.69 Å². The van der Waals surface area contributed by atoms with Gasteiger partial charge in [0, 0.05) is 17.0 Å². The van der Waals surface area contributed by atoms with Gasteiger partial charge in [0.1, 0.15) is 10.7 Å². The molecule has 0 aliphatic rings. The number of nitrogens with one attached hydrogen (secondary N) is 2. The number of carbonyl (C=O) groups is 2. The van der Waals surface area contributed by atoms with Crippen molar-refractivity contribution in [2.45, 2.75) is 26.8 Å². The van der Waals surface area contributed by atoms with Crippen LogP contribution in [0.4, 0.5) is 0 Å². The van der Waals surface area contributed by atoms with Gasteiger partial charge in [0.2, 0.25) is 5.91 Å². The summed E-state index contributed by atoms with van der Waals surface area (Å²) in [6.07, 6.45) is 0. The Morgan fingerprint density at radius 3 is 2.55 bits per heavy atom. The molecule has 0 fully saturated rings. The molecule has 2 aromatic rings. The molecule has 0 saturated heterocycles. The topological polar surface area (TPSA) is 71.1 Å². The molecule has 0 aliphatic heterocycles. The minimum absolute atomic E-state index is 0.0472. The van der Waals surface area contributed by atoms with Gasteiger partial charge in [-0.15, -0.1) is 11.3 Å². The zero-order valence-electron chi connectivity index (χ0n) is 12.8. The number of benzene rings is 1. The lowest BCUT2D eigenvalue weighted by atomic mass is 10.2. The van der Waals surface area contributed by atoms with Gasteiger partial charge in [-0.25, -0.2) is 4.98 Å². The molecule has 22 heavy (non-hydrogen) atoms. The number of thiazole rings is 1. The molecule has 5 nitrogen and oxygen atoms in total. The summed E-state index contributed by atoms with van der Waals surface area (Å²) >= 11 is 1.41. The van der Waals surface area contributed by atoms with Crippen molar-refractivity contribution in [2.75, 3.05) is 6.54 Å². The molecule has 1 aromatic carbocycles. The van der Waals surface area contributed by atoms with Gasteiger partial charge in [-0.1, -0.05) is 29.8 Å². The van der Waals surface area contributed by atoms with Gasteiger partial charge >= 0.3 is 0 Å². The number of aryl methyl sites for hydroxylation is 1. The smallest absolute Gasteiger partial charge is 0.271 e. The van der Waals surface area contributed by atoms with E-state index in [1.807, 2.05) is 45.0 Å². The summed E-state index contributed by atoms with van der Waals surface area (Å²) in [5.41, 5.74) is 2.49. The Bertz CT molecular complexity index is 662. The standard InChI is InChI=1S/C16H19N3O2S/c1-10(2)18-14(20)8-17-15(21)13-9-22-16(19-13)12-6-4-11(3)5-7-12/h4-7,9-10H,8H2,1-3H3,(H,17,21)(H,18,20). The number of hydrogen-bond donors (Lipinski definition) is 2. The minimum Gasteiger partial charge on any atom is -0.352 e. The Hall–Kier alpha value is -2.21. The van der Waals surface area contributed by atoms with Crippen LogP contribution in [-0.4, -0.2) is 29.4 Å². The maximum absolute atomic E-state index is 12.0. The molecule has 0 unspecified atom stereocenters. The van der Waals surface area contributed by atoms with Crippen LogP contribution in [0, 0.1) is 6.92 Å². The van der Waals surface area contributed by atoms with Gasteiger partial charge in [0.25, 0.3) is 5.91 Å². The molecule has 2 amide bonds. The van der Waals surface area contributed by atoms with E-state index in [9.17, 15) is 9.59 Å². The average Bonchev–Trinajstić information content (AvgIpc) is 2.94. The van der Waals surface area contributed by atoms with Crippen LogP contribution in [0.15, 0.2) is 29.6 Å². The molecule has 0 spiro atoms. The molecular weight excluding hydrogens is 298 g/mol. The summed E-state index contributed by atoms with van der Waals surface area (Å²) < 4.78 is 0. The van der Waals surface area contributed by atoms with Crippen molar-refractivity contribution in [3.63, 3.8) is 0 Å². The molecule has 6 heteroatoms. The van der Waals surface area contributed by atoms with Crippen molar-refractivity contribution >= 4 is 23.2 Å². The van der Waals surface area contributed by atoms with Crippen molar-refractivity contribution < 1.29 is 9.59 Å². The monoisotopic (exact) mass is 317 g/mol. The van der Waals surface area contributed by atoms with Gasteiger partial charge in [-0.2, -0.15) is 0 Å². The highest BCUT2D eigenvalue weighted by molar-refractivity contribution is 7.13. The summed E-state index contributed by atoms with van der Waals surface area (Å²) in [6.45, 7) is 5.71. The van der Waals surface area contributed by atoms with Crippen molar-refractivity contribution in [3.8, 4) is 10.6 Å². The molecule has 2 rings (SSSR count). The first-order valence-corrected chi connectivity index (χ1v) is 7.94. The van der Waals surface area contributed by atoms with Crippen LogP contribution >= 0.6 is 11.3 Å². The summed E-state index contributed by atoms with van der Waals surface area (Å²) in [7, 11) is 0. The molecule has 0 atom stereocenters. The zero-order valence-corrected chi connectivity index (χ0v) is 13.7. The second kappa shape index (κ2) is 7.17. The van der Waals surface area contributed by atoms with Gasteiger partial charge in [0.05, 0.1) is 6.54 Å². The number of amides is 2. The summed E-state index contributed by atoms with van der Waals surface area (Å²) in [4.78, 5) is 27.8. The molecule has 116 valence electrons. The number of hydrogen-bond acceptors (Lipinski definition) is 4. The third kappa shape index (κ3) is 4.39. The second-order valence-electron chi connectivity index (χ2n) is 5.31. The Labute approximate surface area is 133 Å². The van der Waals surface area contributed by atoms with Crippen molar-refractivity contribution in [2.24, 2.45) is 0 Å². The van der Waals surface area contributed by atoms with E-state index >= 15 is 0 Å². The van der Waals surface area contributed by atoms with Crippen LogP contribution in [0.1, 0.15) is 29.9 Å². The second-order valence-corrected chi connectivity index (χ2v) is 6.17. The largest absolute Gasteiger partial charge is 0.352 e. The van der Waals surface area contributed by atoms with Crippen LogP contribution in [-0.2, 0) is 4.79 Å². The molecule has 2 N–H and O–H groups in total. The minimum atomic E-state index is -0.339. The first-order chi connectivity index (χ1) is 10.5. The van der Waals surface area contributed by atoms with Crippen molar-refractivity contribution in [1.29, 1.82) is 0 Å². The van der Waals surface area contributed by atoms with Crippen LogP contribution in [0.25, 0.3) is 10.6 Å². The predicted molar refractivity (Wildman–Crippen MR) is 87.9 cm³/mol. The first-order valence-electron chi connectivity index (χ1n) is 7.06. The number of carbonyl (C=O) groups excluding carboxylic acids is 2. The zero-order chi connectivity index (χ0) is 16.1. The van der Waals surface area contributed by atoms with E-state index in [2.05, 4.69) is 15.6 Å². The summed E-state index contributed by atoms with van der Waals surface area (Å²) in [5, 5.41) is 7.77. The number of nitrogens with zero attached hydrogens (tertiary/aromatic N) is 1. The fourth-order valence-corrected chi connectivity index (χ4v) is 2.64. The van der Waals surface area contributed by atoms with Crippen molar-refractivity contribution in [1.82, 2.24) is 15.6 Å². The third-order valence-corrected chi connectivity index (χ3v) is 3.79. The maximum Gasteiger partial charge on any atom is 0.271 e.